The van der Waals surface area contributed by atoms with Gasteiger partial charge in [0.25, 0.3) is 5.91 Å². The number of fused-ring (bicyclic) bond motifs is 1. The molecule has 2 aromatic rings. The molecule has 1 unspecified atom stereocenters. The van der Waals surface area contributed by atoms with E-state index in [1.54, 1.807) is 18.3 Å². The summed E-state index contributed by atoms with van der Waals surface area (Å²) in [5, 5.41) is 7.82. The maximum Gasteiger partial charge on any atom is 0.266 e. The Bertz CT molecular complexity index is 709. The first-order chi connectivity index (χ1) is 10.2. The fourth-order valence-corrected chi connectivity index (χ4v) is 2.79. The van der Waals surface area contributed by atoms with Gasteiger partial charge in [-0.25, -0.2) is 4.68 Å². The molecule has 0 saturated heterocycles. The Morgan fingerprint density at radius 2 is 2.24 bits per heavy atom. The van der Waals surface area contributed by atoms with Crippen LogP contribution in [0, 0.1) is 0 Å². The zero-order chi connectivity index (χ0) is 14.4. The largest absolute Gasteiger partial charge is 0.480 e. The van der Waals surface area contributed by atoms with Crippen molar-refractivity contribution in [2.24, 2.45) is 0 Å². The smallest absolute Gasteiger partial charge is 0.266 e. The van der Waals surface area contributed by atoms with Crippen LogP contribution in [0.15, 0.2) is 30.5 Å². The van der Waals surface area contributed by atoms with Crippen LogP contribution in [-0.2, 0) is 11.2 Å². The minimum atomic E-state index is -0.513. The summed E-state index contributed by atoms with van der Waals surface area (Å²) in [6, 6.07) is 7.66. The zero-order valence-corrected chi connectivity index (χ0v) is 12.0. The Morgan fingerprint density at radius 1 is 1.38 bits per heavy atom. The minimum Gasteiger partial charge on any atom is -0.480 e. The molecule has 4 rings (SSSR count). The zero-order valence-electron chi connectivity index (χ0n) is 11.3. The molecule has 0 radical (unpaired) electrons. The average Bonchev–Trinajstić information content (AvgIpc) is 3.05. The summed E-state index contributed by atoms with van der Waals surface area (Å²) in [5.41, 5.74) is 0.971. The normalized spacial score (nSPS) is 20.0. The molecule has 1 atom stereocenters. The van der Waals surface area contributed by atoms with Gasteiger partial charge in [-0.05, 0) is 36.6 Å². The van der Waals surface area contributed by atoms with Crippen LogP contribution in [-0.4, -0.2) is 21.8 Å². The van der Waals surface area contributed by atoms with E-state index in [1.165, 1.54) is 0 Å². The van der Waals surface area contributed by atoms with E-state index in [0.717, 1.165) is 30.0 Å². The van der Waals surface area contributed by atoms with Crippen molar-refractivity contribution < 1.29 is 9.53 Å². The van der Waals surface area contributed by atoms with E-state index in [4.69, 9.17) is 16.3 Å². The van der Waals surface area contributed by atoms with Crippen LogP contribution in [0.25, 0.3) is 0 Å². The van der Waals surface area contributed by atoms with Crippen molar-refractivity contribution in [2.75, 3.05) is 5.32 Å². The second kappa shape index (κ2) is 4.77. The van der Waals surface area contributed by atoms with Crippen molar-refractivity contribution in [3.63, 3.8) is 0 Å². The van der Waals surface area contributed by atoms with Gasteiger partial charge in [0.2, 0.25) is 0 Å². The van der Waals surface area contributed by atoms with E-state index < -0.39 is 6.10 Å². The third-order valence-corrected chi connectivity index (χ3v) is 4.04. The van der Waals surface area contributed by atoms with Crippen LogP contribution in [0.2, 0.25) is 5.02 Å². The summed E-state index contributed by atoms with van der Waals surface area (Å²) < 4.78 is 7.56. The summed E-state index contributed by atoms with van der Waals surface area (Å²) in [5.74, 6) is 1.32. The van der Waals surface area contributed by atoms with Gasteiger partial charge >= 0.3 is 0 Å². The van der Waals surface area contributed by atoms with Crippen LogP contribution >= 0.6 is 11.6 Å². The number of nitrogens with zero attached hydrogens (tertiary/aromatic N) is 2. The van der Waals surface area contributed by atoms with Gasteiger partial charge in [-0.3, -0.25) is 4.79 Å². The highest BCUT2D eigenvalue weighted by Gasteiger charge is 2.31. The predicted octanol–water partition coefficient (Wildman–Crippen LogP) is 2.81. The second-order valence-electron chi connectivity index (χ2n) is 5.44. The number of carbonyl (C=O) groups excluding carboxylic acids is 1. The SMILES string of the molecule is O=C(Nc1ccnn1C1CC1)C1Cc2cc(Cl)ccc2O1. The lowest BCUT2D eigenvalue weighted by molar-refractivity contribution is -0.122. The second-order valence-corrected chi connectivity index (χ2v) is 5.88. The van der Waals surface area contributed by atoms with E-state index in [-0.39, 0.29) is 5.91 Å². The van der Waals surface area contributed by atoms with Crippen molar-refractivity contribution in [1.82, 2.24) is 9.78 Å². The Labute approximate surface area is 126 Å². The summed E-state index contributed by atoms with van der Waals surface area (Å²) in [6.07, 6.45) is 3.97. The lowest BCUT2D eigenvalue weighted by atomic mass is 10.1. The summed E-state index contributed by atoms with van der Waals surface area (Å²) in [4.78, 5) is 12.4. The molecule has 1 amide bonds. The van der Waals surface area contributed by atoms with Crippen molar-refractivity contribution in [3.8, 4) is 5.75 Å². The number of hydrogen-bond acceptors (Lipinski definition) is 3. The van der Waals surface area contributed by atoms with Crippen molar-refractivity contribution in [1.29, 1.82) is 0 Å². The molecule has 108 valence electrons. The Hall–Kier alpha value is -2.01. The number of carbonyl (C=O) groups is 1. The Morgan fingerprint density at radius 3 is 3.05 bits per heavy atom. The van der Waals surface area contributed by atoms with Crippen molar-refractivity contribution >= 4 is 23.3 Å². The molecule has 5 nitrogen and oxygen atoms in total. The van der Waals surface area contributed by atoms with E-state index in [9.17, 15) is 4.79 Å². The molecule has 1 saturated carbocycles. The Balaban J connectivity index is 1.48. The molecule has 2 heterocycles. The average molecular weight is 304 g/mol. The topological polar surface area (TPSA) is 56.2 Å². The highest BCUT2D eigenvalue weighted by atomic mass is 35.5. The molecule has 2 aliphatic rings. The molecule has 21 heavy (non-hydrogen) atoms. The lowest BCUT2D eigenvalue weighted by Crippen LogP contribution is -2.32. The van der Waals surface area contributed by atoms with Crippen LogP contribution in [0.4, 0.5) is 5.82 Å². The maximum absolute atomic E-state index is 12.4. The number of nitrogens with one attached hydrogen (secondary N) is 1. The number of amides is 1. The molecule has 1 N–H and O–H groups in total. The molecule has 0 spiro atoms. The number of rotatable bonds is 3. The monoisotopic (exact) mass is 303 g/mol. The highest BCUT2D eigenvalue weighted by Crippen LogP contribution is 2.37. The summed E-state index contributed by atoms with van der Waals surface area (Å²) in [6.45, 7) is 0. The lowest BCUT2D eigenvalue weighted by Gasteiger charge is -2.12. The molecule has 1 aliphatic carbocycles. The van der Waals surface area contributed by atoms with E-state index >= 15 is 0 Å². The first-order valence-electron chi connectivity index (χ1n) is 7.00. The number of halogens is 1. The fourth-order valence-electron chi connectivity index (χ4n) is 2.59. The number of ether oxygens (including phenoxy) is 1. The van der Waals surface area contributed by atoms with Gasteiger partial charge in [-0.2, -0.15) is 5.10 Å². The number of anilines is 1. The van der Waals surface area contributed by atoms with Gasteiger partial charge in [-0.1, -0.05) is 11.6 Å². The molecular weight excluding hydrogens is 290 g/mol. The van der Waals surface area contributed by atoms with Gasteiger partial charge in [0.05, 0.1) is 12.2 Å². The van der Waals surface area contributed by atoms with Crippen LogP contribution < -0.4 is 10.1 Å². The van der Waals surface area contributed by atoms with Crippen molar-refractivity contribution in [2.45, 2.75) is 31.4 Å². The van der Waals surface area contributed by atoms with Crippen LogP contribution in [0.3, 0.4) is 0 Å². The summed E-state index contributed by atoms with van der Waals surface area (Å²) in [7, 11) is 0. The van der Waals surface area contributed by atoms with Gasteiger partial charge in [0, 0.05) is 17.5 Å². The molecule has 6 heteroatoms. The first kappa shape index (κ1) is 12.7. The van der Waals surface area contributed by atoms with Crippen LogP contribution in [0.1, 0.15) is 24.4 Å². The third kappa shape index (κ3) is 2.38. The van der Waals surface area contributed by atoms with E-state index in [0.29, 0.717) is 17.5 Å². The van der Waals surface area contributed by atoms with Gasteiger partial charge in [-0.15, -0.1) is 0 Å². The third-order valence-electron chi connectivity index (χ3n) is 3.80. The van der Waals surface area contributed by atoms with E-state index in [2.05, 4.69) is 10.4 Å². The number of hydrogen-bond donors (Lipinski definition) is 1. The maximum atomic E-state index is 12.4. The molecule has 1 aromatic heterocycles. The summed E-state index contributed by atoms with van der Waals surface area (Å²) >= 11 is 5.96. The standard InChI is InChI=1S/C15H14ClN3O2/c16-10-1-4-12-9(7-10)8-13(21-12)15(20)18-14-5-6-17-19(14)11-2-3-11/h1,4-7,11,13H,2-3,8H2,(H,18,20). The molecule has 1 fully saturated rings. The van der Waals surface area contributed by atoms with Gasteiger partial charge < -0.3 is 10.1 Å². The quantitative estimate of drug-likeness (QED) is 0.948. The fraction of sp³-hybridized carbons (Fsp3) is 0.333. The Kier molecular flexibility index (Phi) is 2.89. The molecule has 1 aliphatic heterocycles. The minimum absolute atomic E-state index is 0.148. The van der Waals surface area contributed by atoms with Crippen molar-refractivity contribution in [3.05, 3.63) is 41.0 Å². The first-order valence-corrected chi connectivity index (χ1v) is 7.38. The number of benzene rings is 1. The van der Waals surface area contributed by atoms with E-state index in [1.807, 2.05) is 16.8 Å². The molecule has 1 aromatic carbocycles. The molecule has 0 bridgehead atoms. The predicted molar refractivity (Wildman–Crippen MR) is 78.7 cm³/mol. The highest BCUT2D eigenvalue weighted by molar-refractivity contribution is 6.30. The number of aromatic nitrogens is 2. The van der Waals surface area contributed by atoms with Gasteiger partial charge in [0.15, 0.2) is 6.10 Å². The molecular formula is C15H14ClN3O2. The van der Waals surface area contributed by atoms with Gasteiger partial charge in [0.1, 0.15) is 11.6 Å². The van der Waals surface area contributed by atoms with Crippen LogP contribution in [0.5, 0.6) is 5.75 Å².